The van der Waals surface area contributed by atoms with Crippen molar-refractivity contribution in [2.45, 2.75) is 19.1 Å². The number of halogens is 1. The molecule has 0 aliphatic carbocycles. The summed E-state index contributed by atoms with van der Waals surface area (Å²) in [5.74, 6) is 0.745. The van der Waals surface area contributed by atoms with Crippen LogP contribution in [0.3, 0.4) is 0 Å². The molecule has 0 fully saturated rings. The van der Waals surface area contributed by atoms with Crippen LogP contribution in [0.15, 0.2) is 48.5 Å². The lowest BCUT2D eigenvalue weighted by Gasteiger charge is -2.06. The summed E-state index contributed by atoms with van der Waals surface area (Å²) in [7, 11) is 1.65. The molecule has 1 aliphatic rings. The van der Waals surface area contributed by atoms with Crippen LogP contribution in [0.1, 0.15) is 5.69 Å². The van der Waals surface area contributed by atoms with Crippen LogP contribution in [0.5, 0.6) is 5.75 Å². The molecule has 0 spiro atoms. The maximum atomic E-state index is 10.0. The Kier molecular flexibility index (Phi) is 3.75. The number of nitrogens with zero attached hydrogens (tertiary/aromatic N) is 3. The molecule has 122 valence electrons. The first-order valence-corrected chi connectivity index (χ1v) is 8.14. The molecule has 1 aliphatic heterocycles. The van der Waals surface area contributed by atoms with Gasteiger partial charge in [0.2, 0.25) is 5.69 Å². The van der Waals surface area contributed by atoms with Crippen LogP contribution in [-0.2, 0) is 13.0 Å². The van der Waals surface area contributed by atoms with Gasteiger partial charge < -0.3 is 9.84 Å². The maximum Gasteiger partial charge on any atom is 0.207 e. The first-order chi connectivity index (χ1) is 11.7. The molecular weight excluding hydrogens is 326 g/mol. The van der Waals surface area contributed by atoms with E-state index in [1.54, 1.807) is 7.11 Å². The zero-order chi connectivity index (χ0) is 16.7. The fraction of sp³-hybridized carbons (Fsp3) is 0.222. The van der Waals surface area contributed by atoms with E-state index in [-0.39, 0.29) is 0 Å². The molecule has 0 radical (unpaired) electrons. The summed E-state index contributed by atoms with van der Waals surface area (Å²) in [5.41, 5.74) is 3.82. The van der Waals surface area contributed by atoms with Gasteiger partial charge in [0, 0.05) is 17.0 Å². The summed E-state index contributed by atoms with van der Waals surface area (Å²) in [6.45, 7) is 0.498. The number of rotatable bonds is 3. The lowest BCUT2D eigenvalue weighted by Crippen LogP contribution is -2.37. The fourth-order valence-electron chi connectivity index (χ4n) is 3.16. The summed E-state index contributed by atoms with van der Waals surface area (Å²) in [6, 6.07) is 15.4. The zero-order valence-corrected chi connectivity index (χ0v) is 13.9. The minimum Gasteiger partial charge on any atom is -0.492 e. The second kappa shape index (κ2) is 5.92. The van der Waals surface area contributed by atoms with Crippen LogP contribution in [-0.4, -0.2) is 28.2 Å². The van der Waals surface area contributed by atoms with E-state index >= 15 is 0 Å². The second-order valence-electron chi connectivity index (χ2n) is 5.82. The largest absolute Gasteiger partial charge is 0.492 e. The number of benzene rings is 2. The quantitative estimate of drug-likeness (QED) is 0.744. The Morgan fingerprint density at radius 3 is 2.71 bits per heavy atom. The smallest absolute Gasteiger partial charge is 0.207 e. The number of para-hydroxylation sites is 2. The fourth-order valence-corrected chi connectivity index (χ4v) is 3.28. The van der Waals surface area contributed by atoms with Crippen molar-refractivity contribution in [3.05, 3.63) is 59.2 Å². The molecule has 4 rings (SSSR count). The van der Waals surface area contributed by atoms with Crippen molar-refractivity contribution in [2.24, 2.45) is 0 Å². The molecule has 0 amide bonds. The standard InChI is InChI=1S/C18H17ClN3O2/c1-24-17-5-3-2-4-15(17)22-18(12-6-8-13(19)9-7-12)16-10-14(23)11-21(16)20-22/h2-9,14,23H,10-11H2,1H3/q+1/t14-/m1/s1. The molecule has 2 aromatic carbocycles. The summed E-state index contributed by atoms with van der Waals surface area (Å²) in [4.78, 5) is 0. The molecule has 0 saturated heterocycles. The highest BCUT2D eigenvalue weighted by atomic mass is 35.5. The van der Waals surface area contributed by atoms with Crippen LogP contribution < -0.4 is 9.42 Å². The number of hydrogen-bond acceptors (Lipinski definition) is 3. The third-order valence-corrected chi connectivity index (χ3v) is 4.49. The predicted molar refractivity (Wildman–Crippen MR) is 90.5 cm³/mol. The molecule has 1 atom stereocenters. The van der Waals surface area contributed by atoms with Gasteiger partial charge in [-0.15, -0.1) is 4.68 Å². The monoisotopic (exact) mass is 342 g/mol. The third-order valence-electron chi connectivity index (χ3n) is 4.24. The minimum atomic E-state index is -0.397. The molecule has 6 heteroatoms. The Morgan fingerprint density at radius 1 is 1.21 bits per heavy atom. The van der Waals surface area contributed by atoms with Gasteiger partial charge in [0.15, 0.2) is 17.1 Å². The van der Waals surface area contributed by atoms with Crippen molar-refractivity contribution in [3.63, 3.8) is 0 Å². The van der Waals surface area contributed by atoms with Gasteiger partial charge in [0.1, 0.15) is 12.6 Å². The van der Waals surface area contributed by atoms with Crippen molar-refractivity contribution in [1.82, 2.24) is 9.90 Å². The molecule has 0 bridgehead atoms. The van der Waals surface area contributed by atoms with Gasteiger partial charge in [-0.1, -0.05) is 28.4 Å². The molecular formula is C18H17ClN3O2+. The number of aliphatic hydroxyl groups is 1. The molecule has 24 heavy (non-hydrogen) atoms. The topological polar surface area (TPSA) is 51.2 Å². The van der Waals surface area contributed by atoms with Gasteiger partial charge in [0.25, 0.3) is 0 Å². The van der Waals surface area contributed by atoms with Crippen LogP contribution in [0.25, 0.3) is 16.9 Å². The Balaban J connectivity index is 1.95. The third kappa shape index (κ3) is 2.46. The van der Waals surface area contributed by atoms with E-state index in [0.717, 1.165) is 28.4 Å². The first-order valence-electron chi connectivity index (χ1n) is 7.77. The molecule has 0 unspecified atom stereocenters. The Labute approximate surface area is 144 Å². The molecule has 3 aromatic rings. The normalized spacial score (nSPS) is 16.2. The van der Waals surface area contributed by atoms with Gasteiger partial charge in [-0.2, -0.15) is 0 Å². The van der Waals surface area contributed by atoms with E-state index in [2.05, 4.69) is 5.21 Å². The van der Waals surface area contributed by atoms with Gasteiger partial charge in [-0.25, -0.2) is 0 Å². The van der Waals surface area contributed by atoms with Crippen molar-refractivity contribution in [2.75, 3.05) is 7.11 Å². The number of fused-ring (bicyclic) bond motifs is 1. The summed E-state index contributed by atoms with van der Waals surface area (Å²) >= 11 is 6.03. The second-order valence-corrected chi connectivity index (χ2v) is 6.25. The van der Waals surface area contributed by atoms with Crippen molar-refractivity contribution in [1.29, 1.82) is 0 Å². The predicted octanol–water partition coefficient (Wildman–Crippen LogP) is 2.41. The number of methoxy groups -OCH3 is 1. The molecule has 1 aromatic heterocycles. The van der Waals surface area contributed by atoms with Crippen LogP contribution >= 0.6 is 11.6 Å². The van der Waals surface area contributed by atoms with Crippen molar-refractivity contribution in [3.8, 4) is 22.7 Å². The van der Waals surface area contributed by atoms with Crippen LogP contribution in [0, 0.1) is 0 Å². The molecule has 5 nitrogen and oxygen atoms in total. The maximum absolute atomic E-state index is 10.0. The van der Waals surface area contributed by atoms with Gasteiger partial charge in [-0.05, 0) is 36.4 Å². The van der Waals surface area contributed by atoms with E-state index in [1.807, 2.05) is 57.9 Å². The van der Waals surface area contributed by atoms with E-state index < -0.39 is 6.10 Å². The van der Waals surface area contributed by atoms with Crippen LogP contribution in [0.2, 0.25) is 5.02 Å². The minimum absolute atomic E-state index is 0.397. The lowest BCUT2D eigenvalue weighted by atomic mass is 10.1. The summed E-state index contributed by atoms with van der Waals surface area (Å²) in [6.07, 6.45) is 0.179. The highest BCUT2D eigenvalue weighted by Gasteiger charge is 2.36. The summed E-state index contributed by atoms with van der Waals surface area (Å²) in [5, 5.41) is 15.4. The molecule has 0 saturated carbocycles. The molecule has 1 N–H and O–H groups in total. The number of aromatic nitrogens is 3. The SMILES string of the molecule is COc1ccccc1-[n+]1nn2c(c1-c1ccc(Cl)cc1)C[C@@H](O)C2. The van der Waals surface area contributed by atoms with Gasteiger partial charge in [-0.3, -0.25) is 0 Å². The van der Waals surface area contributed by atoms with Crippen LogP contribution in [0.4, 0.5) is 0 Å². The van der Waals surface area contributed by atoms with Gasteiger partial charge in [0.05, 0.1) is 12.3 Å². The Hall–Kier alpha value is -2.37. The van der Waals surface area contributed by atoms with E-state index in [4.69, 9.17) is 16.3 Å². The summed E-state index contributed by atoms with van der Waals surface area (Å²) < 4.78 is 9.23. The van der Waals surface area contributed by atoms with E-state index in [1.165, 1.54) is 0 Å². The number of hydrogen-bond donors (Lipinski definition) is 1. The Bertz CT molecular complexity index is 890. The highest BCUT2D eigenvalue weighted by molar-refractivity contribution is 6.30. The van der Waals surface area contributed by atoms with Crippen molar-refractivity contribution < 1.29 is 14.5 Å². The first kappa shape index (κ1) is 15.2. The van der Waals surface area contributed by atoms with Crippen molar-refractivity contribution >= 4 is 11.6 Å². The average Bonchev–Trinajstić information content (AvgIpc) is 3.11. The lowest BCUT2D eigenvalue weighted by molar-refractivity contribution is -0.651. The highest BCUT2D eigenvalue weighted by Crippen LogP contribution is 2.29. The van der Waals surface area contributed by atoms with Gasteiger partial charge >= 0.3 is 0 Å². The Morgan fingerprint density at radius 2 is 1.96 bits per heavy atom. The molecule has 2 heterocycles. The zero-order valence-electron chi connectivity index (χ0n) is 13.2. The average molecular weight is 343 g/mol. The number of ether oxygens (including phenoxy) is 1. The van der Waals surface area contributed by atoms with E-state index in [0.29, 0.717) is 18.0 Å². The van der Waals surface area contributed by atoms with E-state index in [9.17, 15) is 5.11 Å². The number of aliphatic hydroxyl groups excluding tert-OH is 1.